The van der Waals surface area contributed by atoms with E-state index in [9.17, 15) is 14.7 Å². The number of amides is 1. The van der Waals surface area contributed by atoms with E-state index in [1.54, 1.807) is 20.8 Å². The van der Waals surface area contributed by atoms with Crippen LogP contribution >= 0.6 is 0 Å². The Morgan fingerprint density at radius 3 is 2.67 bits per heavy atom. The van der Waals surface area contributed by atoms with E-state index in [1.165, 1.54) is 0 Å². The summed E-state index contributed by atoms with van der Waals surface area (Å²) in [6, 6.07) is -0.628. The van der Waals surface area contributed by atoms with Crippen molar-refractivity contribution in [3.63, 3.8) is 0 Å². The van der Waals surface area contributed by atoms with Gasteiger partial charge in [0, 0.05) is 5.92 Å². The van der Waals surface area contributed by atoms with E-state index in [4.69, 9.17) is 4.74 Å². The summed E-state index contributed by atoms with van der Waals surface area (Å²) in [5.74, 6) is -1.48. The second-order valence-electron chi connectivity index (χ2n) is 3.86. The summed E-state index contributed by atoms with van der Waals surface area (Å²) in [6.07, 6.45) is -0.751. The zero-order valence-corrected chi connectivity index (χ0v) is 9.19. The molecule has 0 bridgehead atoms. The highest BCUT2D eigenvalue weighted by Gasteiger charge is 2.45. The number of aliphatic hydroxyl groups is 1. The lowest BCUT2D eigenvalue weighted by Crippen LogP contribution is -2.37. The van der Waals surface area contributed by atoms with Crippen LogP contribution in [-0.2, 0) is 14.3 Å². The number of carbonyl (C=O) groups excluding carboxylic acids is 2. The minimum absolute atomic E-state index is 0.239. The van der Waals surface area contributed by atoms with Crippen LogP contribution in [0.3, 0.4) is 0 Å². The topological polar surface area (TPSA) is 75.6 Å². The Hall–Kier alpha value is -1.10. The van der Waals surface area contributed by atoms with Gasteiger partial charge in [-0.15, -0.1) is 0 Å². The van der Waals surface area contributed by atoms with Crippen molar-refractivity contribution < 1.29 is 19.4 Å². The summed E-state index contributed by atoms with van der Waals surface area (Å²) in [6.45, 7) is 5.31. The van der Waals surface area contributed by atoms with Crippen LogP contribution in [-0.4, -0.2) is 35.7 Å². The first kappa shape index (κ1) is 12.0. The molecule has 0 unspecified atom stereocenters. The minimum atomic E-state index is -0.751. The number of ether oxygens (including phenoxy) is 1. The summed E-state index contributed by atoms with van der Waals surface area (Å²) in [4.78, 5) is 22.9. The highest BCUT2D eigenvalue weighted by Crippen LogP contribution is 2.26. The first-order valence-corrected chi connectivity index (χ1v) is 5.14. The Morgan fingerprint density at radius 2 is 2.27 bits per heavy atom. The van der Waals surface area contributed by atoms with Gasteiger partial charge >= 0.3 is 5.97 Å². The molecule has 0 saturated carbocycles. The smallest absolute Gasteiger partial charge is 0.328 e. The Bertz CT molecular complexity index is 264. The average Bonchev–Trinajstić information content (AvgIpc) is 2.42. The van der Waals surface area contributed by atoms with E-state index in [2.05, 4.69) is 5.32 Å². The fraction of sp³-hybridized carbons (Fsp3) is 0.800. The Morgan fingerprint density at radius 1 is 1.67 bits per heavy atom. The van der Waals surface area contributed by atoms with Gasteiger partial charge in [0.2, 0.25) is 5.91 Å². The summed E-state index contributed by atoms with van der Waals surface area (Å²) in [5, 5.41) is 12.0. The molecule has 15 heavy (non-hydrogen) atoms. The quantitative estimate of drug-likeness (QED) is 0.633. The summed E-state index contributed by atoms with van der Waals surface area (Å²) < 4.78 is 4.84. The van der Waals surface area contributed by atoms with Gasteiger partial charge in [0.1, 0.15) is 6.04 Å². The molecule has 0 aliphatic carbocycles. The monoisotopic (exact) mass is 215 g/mol. The van der Waals surface area contributed by atoms with Gasteiger partial charge in [0.05, 0.1) is 18.6 Å². The molecular weight excluding hydrogens is 198 g/mol. The van der Waals surface area contributed by atoms with Gasteiger partial charge in [-0.05, 0) is 13.8 Å². The molecule has 0 aromatic heterocycles. The third-order valence-corrected chi connectivity index (χ3v) is 2.75. The molecule has 2 N–H and O–H groups in total. The molecule has 1 saturated heterocycles. The van der Waals surface area contributed by atoms with Gasteiger partial charge in [-0.1, -0.05) is 6.92 Å². The van der Waals surface area contributed by atoms with Crippen LogP contribution in [0.5, 0.6) is 0 Å². The van der Waals surface area contributed by atoms with E-state index in [0.29, 0.717) is 0 Å². The maximum Gasteiger partial charge on any atom is 0.328 e. The van der Waals surface area contributed by atoms with Crippen molar-refractivity contribution in [2.45, 2.75) is 32.9 Å². The molecule has 0 spiro atoms. The number of esters is 1. The second-order valence-corrected chi connectivity index (χ2v) is 3.86. The molecular formula is C10H17NO4. The van der Waals surface area contributed by atoms with Crippen molar-refractivity contribution in [3.05, 3.63) is 0 Å². The average molecular weight is 215 g/mol. The van der Waals surface area contributed by atoms with E-state index in [1.807, 2.05) is 0 Å². The molecule has 1 aliphatic rings. The molecule has 1 amide bonds. The molecule has 0 aromatic rings. The number of rotatable bonds is 3. The van der Waals surface area contributed by atoms with Crippen molar-refractivity contribution in [2.75, 3.05) is 6.61 Å². The molecule has 4 atom stereocenters. The predicted octanol–water partition coefficient (Wildman–Crippen LogP) is -0.319. The van der Waals surface area contributed by atoms with Gasteiger partial charge in [-0.25, -0.2) is 4.79 Å². The highest BCUT2D eigenvalue weighted by molar-refractivity contribution is 5.90. The van der Waals surface area contributed by atoms with Crippen molar-refractivity contribution in [2.24, 2.45) is 11.8 Å². The van der Waals surface area contributed by atoms with Crippen LogP contribution in [0.25, 0.3) is 0 Å². The lowest BCUT2D eigenvalue weighted by Gasteiger charge is -2.18. The van der Waals surface area contributed by atoms with Gasteiger partial charge < -0.3 is 15.2 Å². The van der Waals surface area contributed by atoms with Gasteiger partial charge in [0.25, 0.3) is 0 Å². The van der Waals surface area contributed by atoms with Crippen LogP contribution < -0.4 is 5.32 Å². The molecule has 86 valence electrons. The van der Waals surface area contributed by atoms with Crippen molar-refractivity contribution in [3.8, 4) is 0 Å². The van der Waals surface area contributed by atoms with E-state index in [-0.39, 0.29) is 18.4 Å². The Kier molecular flexibility index (Phi) is 3.68. The molecule has 1 aliphatic heterocycles. The standard InChI is InChI=1S/C10H17NO4/c1-4-15-10(14)8-5(2)7(6(3)12)9(13)11-8/h5-8,12H,4H2,1-3H3,(H,11,13)/t5-,6-,7-,8-/m1/s1. The van der Waals surface area contributed by atoms with E-state index < -0.39 is 24.0 Å². The zero-order valence-electron chi connectivity index (χ0n) is 9.19. The first-order valence-electron chi connectivity index (χ1n) is 5.14. The number of aliphatic hydroxyl groups excluding tert-OH is 1. The molecule has 1 rings (SSSR count). The molecule has 0 radical (unpaired) electrons. The number of nitrogens with one attached hydrogen (secondary N) is 1. The first-order chi connectivity index (χ1) is 6.99. The summed E-state index contributed by atoms with van der Waals surface area (Å²) >= 11 is 0. The lowest BCUT2D eigenvalue weighted by molar-refractivity contribution is -0.146. The van der Waals surface area contributed by atoms with Crippen molar-refractivity contribution in [1.82, 2.24) is 5.32 Å². The molecule has 1 heterocycles. The lowest BCUT2D eigenvalue weighted by atomic mass is 9.88. The third-order valence-electron chi connectivity index (χ3n) is 2.75. The summed E-state index contributed by atoms with van der Waals surface area (Å²) in [7, 11) is 0. The highest BCUT2D eigenvalue weighted by atomic mass is 16.5. The zero-order chi connectivity index (χ0) is 11.6. The van der Waals surface area contributed by atoms with E-state index in [0.717, 1.165) is 0 Å². The van der Waals surface area contributed by atoms with Gasteiger partial charge in [0.15, 0.2) is 0 Å². The minimum Gasteiger partial charge on any atom is -0.464 e. The number of hydrogen-bond donors (Lipinski definition) is 2. The maximum atomic E-state index is 11.5. The predicted molar refractivity (Wildman–Crippen MR) is 52.9 cm³/mol. The fourth-order valence-corrected chi connectivity index (χ4v) is 1.99. The number of carbonyl (C=O) groups is 2. The molecule has 1 fully saturated rings. The van der Waals surface area contributed by atoms with Gasteiger partial charge in [-0.2, -0.15) is 0 Å². The van der Waals surface area contributed by atoms with Crippen molar-refractivity contribution >= 4 is 11.9 Å². The molecule has 5 nitrogen and oxygen atoms in total. The van der Waals surface area contributed by atoms with Crippen LogP contribution in [0.2, 0.25) is 0 Å². The summed E-state index contributed by atoms with van der Waals surface area (Å²) in [5.41, 5.74) is 0. The Labute approximate surface area is 88.8 Å². The SMILES string of the molecule is CCOC(=O)[C@@H]1NC(=O)[C@@H]([C@@H](C)O)[C@H]1C. The van der Waals surface area contributed by atoms with E-state index >= 15 is 0 Å². The van der Waals surface area contributed by atoms with Crippen LogP contribution in [0.15, 0.2) is 0 Å². The van der Waals surface area contributed by atoms with Crippen LogP contribution in [0, 0.1) is 11.8 Å². The van der Waals surface area contributed by atoms with Crippen LogP contribution in [0.4, 0.5) is 0 Å². The number of hydrogen-bond acceptors (Lipinski definition) is 4. The fourth-order valence-electron chi connectivity index (χ4n) is 1.99. The largest absolute Gasteiger partial charge is 0.464 e. The third kappa shape index (κ3) is 2.28. The van der Waals surface area contributed by atoms with Crippen LogP contribution in [0.1, 0.15) is 20.8 Å². The molecule has 5 heteroatoms. The molecule has 0 aromatic carbocycles. The van der Waals surface area contributed by atoms with Gasteiger partial charge in [-0.3, -0.25) is 4.79 Å². The Balaban J connectivity index is 2.72. The maximum absolute atomic E-state index is 11.5. The second kappa shape index (κ2) is 4.61. The van der Waals surface area contributed by atoms with Crippen molar-refractivity contribution in [1.29, 1.82) is 0 Å². The normalized spacial score (nSPS) is 32.3.